The van der Waals surface area contributed by atoms with E-state index < -0.39 is 0 Å². The van der Waals surface area contributed by atoms with Crippen molar-refractivity contribution in [3.63, 3.8) is 0 Å². The molecule has 0 spiro atoms. The lowest BCUT2D eigenvalue weighted by Crippen LogP contribution is -2.33. The van der Waals surface area contributed by atoms with Gasteiger partial charge in [-0.05, 0) is 34.0 Å². The molecule has 0 N–H and O–H groups in total. The molecule has 4 rings (SSSR count). The topological polar surface area (TPSA) is 55.2 Å². The molecule has 3 heterocycles. The van der Waals surface area contributed by atoms with E-state index in [4.69, 9.17) is 0 Å². The second-order valence-electron chi connectivity index (χ2n) is 6.25. The van der Waals surface area contributed by atoms with Crippen LogP contribution in [0.25, 0.3) is 20.7 Å². The molecule has 7 heteroatoms. The first kappa shape index (κ1) is 17.6. The number of carbonyl (C=O) groups excluding carboxylic acids is 1. The van der Waals surface area contributed by atoms with E-state index in [1.807, 2.05) is 53.2 Å². The zero-order valence-electron chi connectivity index (χ0n) is 14.7. The Morgan fingerprint density at radius 3 is 2.78 bits per heavy atom. The van der Waals surface area contributed by atoms with Gasteiger partial charge < -0.3 is 4.90 Å². The second kappa shape index (κ2) is 7.46. The Balaban J connectivity index is 1.58. The van der Waals surface area contributed by atoms with Crippen molar-refractivity contribution in [2.75, 3.05) is 7.05 Å². The summed E-state index contributed by atoms with van der Waals surface area (Å²) in [7, 11) is 1.75. The van der Waals surface area contributed by atoms with Crippen molar-refractivity contribution in [3.8, 4) is 10.4 Å². The molecule has 136 valence electrons. The summed E-state index contributed by atoms with van der Waals surface area (Å²) < 4.78 is 1.39. The van der Waals surface area contributed by atoms with Crippen LogP contribution in [0.1, 0.15) is 5.56 Å². The van der Waals surface area contributed by atoms with E-state index >= 15 is 0 Å². The zero-order chi connectivity index (χ0) is 18.8. The molecule has 0 bridgehead atoms. The number of amides is 1. The maximum Gasteiger partial charge on any atom is 0.262 e. The molecule has 0 saturated heterocycles. The Morgan fingerprint density at radius 1 is 1.22 bits per heavy atom. The van der Waals surface area contributed by atoms with E-state index in [2.05, 4.69) is 4.98 Å². The van der Waals surface area contributed by atoms with Crippen molar-refractivity contribution in [1.29, 1.82) is 0 Å². The Kier molecular flexibility index (Phi) is 4.87. The molecule has 0 aliphatic rings. The van der Waals surface area contributed by atoms with Crippen LogP contribution < -0.4 is 5.56 Å². The first-order valence-electron chi connectivity index (χ1n) is 8.41. The van der Waals surface area contributed by atoms with E-state index in [1.165, 1.54) is 22.2 Å². The number of hydrogen-bond donors (Lipinski definition) is 0. The third-order valence-electron chi connectivity index (χ3n) is 4.31. The van der Waals surface area contributed by atoms with E-state index in [1.54, 1.807) is 23.3 Å². The largest absolute Gasteiger partial charge is 0.340 e. The van der Waals surface area contributed by atoms with Crippen molar-refractivity contribution in [1.82, 2.24) is 14.5 Å². The Bertz CT molecular complexity index is 1130. The van der Waals surface area contributed by atoms with Gasteiger partial charge in [-0.2, -0.15) is 11.3 Å². The monoisotopic (exact) mass is 395 g/mol. The quantitative estimate of drug-likeness (QED) is 0.516. The van der Waals surface area contributed by atoms with Crippen LogP contribution in [0, 0.1) is 0 Å². The second-order valence-corrected chi connectivity index (χ2v) is 8.07. The van der Waals surface area contributed by atoms with Crippen LogP contribution in [0.15, 0.2) is 64.3 Å². The molecule has 1 aromatic carbocycles. The molecular weight excluding hydrogens is 378 g/mol. The van der Waals surface area contributed by atoms with Gasteiger partial charge in [-0.15, -0.1) is 11.3 Å². The van der Waals surface area contributed by atoms with Gasteiger partial charge in [0.15, 0.2) is 0 Å². The van der Waals surface area contributed by atoms with Gasteiger partial charge in [-0.3, -0.25) is 14.2 Å². The fourth-order valence-electron chi connectivity index (χ4n) is 2.83. The molecule has 5 nitrogen and oxygen atoms in total. The minimum absolute atomic E-state index is 0.0150. The number of nitrogens with zero attached hydrogens (tertiary/aromatic N) is 3. The molecule has 0 radical (unpaired) electrons. The highest BCUT2D eigenvalue weighted by atomic mass is 32.1. The van der Waals surface area contributed by atoms with E-state index in [-0.39, 0.29) is 18.0 Å². The molecule has 0 atom stereocenters. The Morgan fingerprint density at radius 2 is 2.04 bits per heavy atom. The molecule has 0 aliphatic carbocycles. The number of carbonyl (C=O) groups is 1. The Hall–Kier alpha value is -2.77. The summed E-state index contributed by atoms with van der Waals surface area (Å²) in [5, 5.41) is 4.55. The maximum absolute atomic E-state index is 12.8. The SMILES string of the molecule is CN(Cc1ccsc1)C(=O)Cn1cnc2sc(-c3ccccc3)cc2c1=O. The lowest BCUT2D eigenvalue weighted by molar-refractivity contribution is -0.131. The van der Waals surface area contributed by atoms with E-state index in [0.717, 1.165) is 16.0 Å². The predicted octanol–water partition coefficient (Wildman–Crippen LogP) is 3.85. The molecule has 1 amide bonds. The van der Waals surface area contributed by atoms with Crippen LogP contribution in [0.4, 0.5) is 0 Å². The molecule has 27 heavy (non-hydrogen) atoms. The number of hydrogen-bond acceptors (Lipinski definition) is 5. The molecule has 0 aliphatic heterocycles. The highest BCUT2D eigenvalue weighted by Gasteiger charge is 2.14. The standard InChI is InChI=1S/C20H17N3O2S2/c1-22(10-14-7-8-26-12-14)18(24)11-23-13-21-19-16(20(23)25)9-17(27-19)15-5-3-2-4-6-15/h2-9,12-13H,10-11H2,1H3. The van der Waals surface area contributed by atoms with Gasteiger partial charge in [0, 0.05) is 18.5 Å². The molecule has 4 aromatic rings. The number of fused-ring (bicyclic) bond motifs is 1. The summed E-state index contributed by atoms with van der Waals surface area (Å²) in [6.07, 6.45) is 1.46. The van der Waals surface area contributed by atoms with Gasteiger partial charge in [-0.1, -0.05) is 30.3 Å². The van der Waals surface area contributed by atoms with Crippen LogP contribution in [0.3, 0.4) is 0 Å². The summed E-state index contributed by atoms with van der Waals surface area (Å²) in [6, 6.07) is 13.8. The normalized spacial score (nSPS) is 11.0. The highest BCUT2D eigenvalue weighted by molar-refractivity contribution is 7.21. The minimum Gasteiger partial charge on any atom is -0.340 e. The summed E-state index contributed by atoms with van der Waals surface area (Å²) in [4.78, 5) is 33.0. The van der Waals surface area contributed by atoms with Crippen molar-refractivity contribution in [3.05, 3.63) is 75.5 Å². The van der Waals surface area contributed by atoms with Crippen LogP contribution in [-0.2, 0) is 17.9 Å². The van der Waals surface area contributed by atoms with Crippen molar-refractivity contribution in [2.24, 2.45) is 0 Å². The number of benzene rings is 1. The van der Waals surface area contributed by atoms with Gasteiger partial charge in [0.25, 0.3) is 5.56 Å². The summed E-state index contributed by atoms with van der Waals surface area (Å²) >= 11 is 3.08. The zero-order valence-corrected chi connectivity index (χ0v) is 16.3. The molecular formula is C20H17N3O2S2. The number of rotatable bonds is 5. The van der Waals surface area contributed by atoms with E-state index in [9.17, 15) is 9.59 Å². The third-order valence-corrected chi connectivity index (χ3v) is 6.13. The smallest absolute Gasteiger partial charge is 0.262 e. The van der Waals surface area contributed by atoms with Gasteiger partial charge in [0.05, 0.1) is 11.7 Å². The Labute approximate surface area is 164 Å². The number of thiophene rings is 2. The van der Waals surface area contributed by atoms with Gasteiger partial charge >= 0.3 is 0 Å². The molecule has 0 saturated carbocycles. The van der Waals surface area contributed by atoms with Crippen LogP contribution in [0.2, 0.25) is 0 Å². The van der Waals surface area contributed by atoms with Gasteiger partial charge in [0.1, 0.15) is 11.4 Å². The average molecular weight is 396 g/mol. The number of aromatic nitrogens is 2. The number of likely N-dealkylation sites (N-methyl/N-ethyl adjacent to an activating group) is 1. The lowest BCUT2D eigenvalue weighted by atomic mass is 10.2. The van der Waals surface area contributed by atoms with Crippen molar-refractivity contribution >= 4 is 38.8 Å². The average Bonchev–Trinajstić information content (AvgIpc) is 3.34. The van der Waals surface area contributed by atoms with Crippen molar-refractivity contribution in [2.45, 2.75) is 13.1 Å². The lowest BCUT2D eigenvalue weighted by Gasteiger charge is -2.17. The molecule has 0 fully saturated rings. The van der Waals surface area contributed by atoms with Crippen LogP contribution in [0.5, 0.6) is 0 Å². The fraction of sp³-hybridized carbons (Fsp3) is 0.150. The third kappa shape index (κ3) is 3.70. The maximum atomic E-state index is 12.8. The summed E-state index contributed by atoms with van der Waals surface area (Å²) in [5.74, 6) is -0.122. The minimum atomic E-state index is -0.185. The fourth-order valence-corrected chi connectivity index (χ4v) is 4.48. The van der Waals surface area contributed by atoms with Gasteiger partial charge in [0.2, 0.25) is 5.91 Å². The van der Waals surface area contributed by atoms with Gasteiger partial charge in [-0.25, -0.2) is 4.98 Å². The first-order chi connectivity index (χ1) is 13.1. The highest BCUT2D eigenvalue weighted by Crippen LogP contribution is 2.30. The summed E-state index contributed by atoms with van der Waals surface area (Å²) in [6.45, 7) is 0.516. The van der Waals surface area contributed by atoms with Crippen molar-refractivity contribution < 1.29 is 4.79 Å². The predicted molar refractivity (Wildman–Crippen MR) is 110 cm³/mol. The molecule has 3 aromatic heterocycles. The summed E-state index contributed by atoms with van der Waals surface area (Å²) in [5.41, 5.74) is 1.95. The first-order valence-corrected chi connectivity index (χ1v) is 10.2. The van der Waals surface area contributed by atoms with Crippen LogP contribution >= 0.6 is 22.7 Å². The van der Waals surface area contributed by atoms with Crippen LogP contribution in [-0.4, -0.2) is 27.4 Å². The van der Waals surface area contributed by atoms with E-state index in [0.29, 0.717) is 16.8 Å². The molecule has 0 unspecified atom stereocenters.